The minimum atomic E-state index is 0.385. The van der Waals surface area contributed by atoms with Crippen molar-refractivity contribution in [1.82, 2.24) is 15.2 Å². The predicted octanol–water partition coefficient (Wildman–Crippen LogP) is 3.84. The molecule has 2 fully saturated rings. The molecular weight excluding hydrogens is 278 g/mol. The van der Waals surface area contributed by atoms with Gasteiger partial charge in [0, 0.05) is 36.2 Å². The Labute approximate surface area is 133 Å². The van der Waals surface area contributed by atoms with Crippen molar-refractivity contribution >= 4 is 11.3 Å². The molecule has 1 aromatic heterocycles. The number of hydrogen-bond acceptors (Lipinski definition) is 4. The topological polar surface area (TPSA) is 28.2 Å². The molecule has 1 aromatic rings. The van der Waals surface area contributed by atoms with Crippen molar-refractivity contribution in [2.75, 3.05) is 13.1 Å². The molecule has 0 radical (unpaired) electrons. The summed E-state index contributed by atoms with van der Waals surface area (Å²) in [5.41, 5.74) is 0.385. The van der Waals surface area contributed by atoms with Crippen LogP contribution in [0.25, 0.3) is 0 Å². The summed E-state index contributed by atoms with van der Waals surface area (Å²) in [6.45, 7) is 9.38. The monoisotopic (exact) mass is 307 g/mol. The van der Waals surface area contributed by atoms with Crippen molar-refractivity contribution in [2.24, 2.45) is 5.92 Å². The summed E-state index contributed by atoms with van der Waals surface area (Å²) >= 11 is 1.82. The van der Waals surface area contributed by atoms with Crippen LogP contribution in [-0.2, 0) is 0 Å². The molecule has 3 nitrogen and oxygen atoms in total. The van der Waals surface area contributed by atoms with Crippen LogP contribution >= 0.6 is 11.3 Å². The summed E-state index contributed by atoms with van der Waals surface area (Å²) in [6.07, 6.45) is 8.60. The second-order valence-corrected chi connectivity index (χ2v) is 8.07. The van der Waals surface area contributed by atoms with Gasteiger partial charge in [0.05, 0.1) is 6.04 Å². The van der Waals surface area contributed by atoms with Crippen LogP contribution in [0.5, 0.6) is 0 Å². The lowest BCUT2D eigenvalue weighted by molar-refractivity contribution is 0.0194. The third-order valence-electron chi connectivity index (χ3n) is 5.45. The van der Waals surface area contributed by atoms with Gasteiger partial charge in [-0.05, 0) is 25.2 Å². The zero-order chi connectivity index (χ0) is 14.9. The Morgan fingerprint density at radius 1 is 1.43 bits per heavy atom. The van der Waals surface area contributed by atoms with E-state index in [1.54, 1.807) is 0 Å². The Hall–Kier alpha value is -0.450. The first kappa shape index (κ1) is 15.4. The van der Waals surface area contributed by atoms with Gasteiger partial charge in [-0.25, -0.2) is 4.98 Å². The molecule has 1 N–H and O–H groups in total. The van der Waals surface area contributed by atoms with E-state index in [1.807, 2.05) is 17.5 Å². The fourth-order valence-electron chi connectivity index (χ4n) is 4.26. The van der Waals surface area contributed by atoms with Gasteiger partial charge >= 0.3 is 0 Å². The summed E-state index contributed by atoms with van der Waals surface area (Å²) in [6, 6.07) is 1.13. The van der Waals surface area contributed by atoms with E-state index in [4.69, 9.17) is 0 Å². The fraction of sp³-hybridized carbons (Fsp3) is 0.824. The van der Waals surface area contributed by atoms with E-state index >= 15 is 0 Å². The van der Waals surface area contributed by atoms with Gasteiger partial charge in [0.25, 0.3) is 0 Å². The van der Waals surface area contributed by atoms with Gasteiger partial charge in [-0.2, -0.15) is 0 Å². The Morgan fingerprint density at radius 3 is 2.76 bits per heavy atom. The maximum atomic E-state index is 4.63. The van der Waals surface area contributed by atoms with Crippen molar-refractivity contribution in [2.45, 2.75) is 70.5 Å². The minimum absolute atomic E-state index is 0.385. The molecule has 4 heteroatoms. The summed E-state index contributed by atoms with van der Waals surface area (Å²) in [4.78, 5) is 7.41. The Bertz CT molecular complexity index is 437. The highest BCUT2D eigenvalue weighted by atomic mass is 32.1. The van der Waals surface area contributed by atoms with Crippen LogP contribution in [0.2, 0.25) is 0 Å². The van der Waals surface area contributed by atoms with Gasteiger partial charge in [-0.1, -0.05) is 33.6 Å². The standard InChI is InChI=1S/C17H29N3S/c1-4-14(16-18-9-10-21-16)20-12-17(7-5-6-8-17)19-11-15(20)13(2)3/h9-10,13-15,19H,4-8,11-12H2,1-3H3. The zero-order valence-electron chi connectivity index (χ0n) is 13.6. The summed E-state index contributed by atoms with van der Waals surface area (Å²) in [5.74, 6) is 0.685. The maximum Gasteiger partial charge on any atom is 0.110 e. The quantitative estimate of drug-likeness (QED) is 0.916. The summed E-state index contributed by atoms with van der Waals surface area (Å²) in [5, 5.41) is 7.35. The average molecular weight is 308 g/mol. The van der Waals surface area contributed by atoms with Crippen molar-refractivity contribution in [3.05, 3.63) is 16.6 Å². The second kappa shape index (κ2) is 6.35. The van der Waals surface area contributed by atoms with E-state index in [9.17, 15) is 0 Å². The number of rotatable bonds is 4. The highest BCUT2D eigenvalue weighted by Gasteiger charge is 2.44. The molecule has 2 aliphatic rings. The number of nitrogens with one attached hydrogen (secondary N) is 1. The second-order valence-electron chi connectivity index (χ2n) is 7.15. The molecule has 0 bridgehead atoms. The molecule has 1 aliphatic carbocycles. The maximum absolute atomic E-state index is 4.63. The molecule has 21 heavy (non-hydrogen) atoms. The molecule has 2 heterocycles. The van der Waals surface area contributed by atoms with Gasteiger partial charge in [0.2, 0.25) is 0 Å². The van der Waals surface area contributed by atoms with Crippen LogP contribution < -0.4 is 5.32 Å². The van der Waals surface area contributed by atoms with Crippen LogP contribution in [-0.4, -0.2) is 34.6 Å². The van der Waals surface area contributed by atoms with Crippen LogP contribution in [0.4, 0.5) is 0 Å². The largest absolute Gasteiger partial charge is 0.308 e. The lowest BCUT2D eigenvalue weighted by Gasteiger charge is -2.50. The zero-order valence-corrected chi connectivity index (χ0v) is 14.5. The first-order chi connectivity index (χ1) is 10.2. The fourth-order valence-corrected chi connectivity index (χ4v) is 5.10. The average Bonchev–Trinajstić information content (AvgIpc) is 3.12. The summed E-state index contributed by atoms with van der Waals surface area (Å²) < 4.78 is 0. The molecule has 1 saturated heterocycles. The van der Waals surface area contributed by atoms with E-state index < -0.39 is 0 Å². The molecule has 0 aromatic carbocycles. The van der Waals surface area contributed by atoms with Gasteiger partial charge in [-0.15, -0.1) is 11.3 Å². The van der Waals surface area contributed by atoms with Crippen molar-refractivity contribution in [3.63, 3.8) is 0 Å². The van der Waals surface area contributed by atoms with Crippen LogP contribution in [0.15, 0.2) is 11.6 Å². The number of nitrogens with zero attached hydrogens (tertiary/aromatic N) is 2. The number of piperazine rings is 1. The van der Waals surface area contributed by atoms with Gasteiger partial charge in [0.1, 0.15) is 5.01 Å². The lowest BCUT2D eigenvalue weighted by Crippen LogP contribution is -2.64. The van der Waals surface area contributed by atoms with Crippen molar-refractivity contribution in [1.29, 1.82) is 0 Å². The molecule has 1 aliphatic heterocycles. The number of aromatic nitrogens is 1. The minimum Gasteiger partial charge on any atom is -0.308 e. The molecule has 1 saturated carbocycles. The smallest absolute Gasteiger partial charge is 0.110 e. The van der Waals surface area contributed by atoms with E-state index in [0.717, 1.165) is 13.0 Å². The number of thiazole rings is 1. The van der Waals surface area contributed by atoms with Crippen LogP contribution in [0, 0.1) is 5.92 Å². The highest BCUT2D eigenvalue weighted by molar-refractivity contribution is 7.09. The van der Waals surface area contributed by atoms with Crippen molar-refractivity contribution < 1.29 is 0 Å². The van der Waals surface area contributed by atoms with Gasteiger partial charge in [-0.3, -0.25) is 4.90 Å². The summed E-state index contributed by atoms with van der Waals surface area (Å²) in [7, 11) is 0. The van der Waals surface area contributed by atoms with Gasteiger partial charge in [0.15, 0.2) is 0 Å². The SMILES string of the molecule is CCC(c1nccs1)N1CC2(CCCC2)NCC1C(C)C. The molecule has 2 unspecified atom stereocenters. The van der Waals surface area contributed by atoms with Gasteiger partial charge < -0.3 is 5.32 Å². The van der Waals surface area contributed by atoms with E-state index in [1.165, 1.54) is 37.2 Å². The van der Waals surface area contributed by atoms with E-state index in [-0.39, 0.29) is 0 Å². The Morgan fingerprint density at radius 2 is 2.19 bits per heavy atom. The molecular formula is C17H29N3S. The first-order valence-corrected chi connectivity index (χ1v) is 9.43. The molecule has 118 valence electrons. The normalized spacial score (nSPS) is 27.5. The molecule has 0 amide bonds. The highest BCUT2D eigenvalue weighted by Crippen LogP contribution is 2.39. The van der Waals surface area contributed by atoms with E-state index in [2.05, 4.69) is 41.4 Å². The first-order valence-electron chi connectivity index (χ1n) is 8.55. The van der Waals surface area contributed by atoms with Crippen LogP contribution in [0.3, 0.4) is 0 Å². The lowest BCUT2D eigenvalue weighted by atomic mass is 9.87. The van der Waals surface area contributed by atoms with E-state index in [0.29, 0.717) is 23.5 Å². The molecule has 3 rings (SSSR count). The Kier molecular flexibility index (Phi) is 4.67. The third kappa shape index (κ3) is 3.03. The van der Waals surface area contributed by atoms with Crippen LogP contribution in [0.1, 0.15) is 63.9 Å². The molecule has 2 atom stereocenters. The molecule has 1 spiro atoms. The number of hydrogen-bond donors (Lipinski definition) is 1. The Balaban J connectivity index is 1.85. The van der Waals surface area contributed by atoms with Crippen molar-refractivity contribution in [3.8, 4) is 0 Å². The third-order valence-corrected chi connectivity index (χ3v) is 6.33. The predicted molar refractivity (Wildman–Crippen MR) is 89.7 cm³/mol.